The average molecular weight is 199 g/mol. The molecule has 14 heavy (non-hydrogen) atoms. The first-order valence-electron chi connectivity index (χ1n) is 5.81. The van der Waals surface area contributed by atoms with E-state index in [0.29, 0.717) is 5.41 Å². The van der Waals surface area contributed by atoms with Gasteiger partial charge in [0.25, 0.3) is 0 Å². The van der Waals surface area contributed by atoms with Crippen molar-refractivity contribution in [2.24, 2.45) is 11.1 Å². The second-order valence-corrected chi connectivity index (χ2v) is 5.45. The molecule has 2 heteroatoms. The molecular formula is C12H25NO. The fourth-order valence-corrected chi connectivity index (χ4v) is 2.37. The van der Waals surface area contributed by atoms with Crippen LogP contribution in [-0.2, 0) is 4.74 Å². The summed E-state index contributed by atoms with van der Waals surface area (Å²) in [5.74, 6) is 0. The molecule has 1 saturated carbocycles. The van der Waals surface area contributed by atoms with Crippen LogP contribution in [-0.4, -0.2) is 18.2 Å². The number of hydrogen-bond acceptors (Lipinski definition) is 2. The summed E-state index contributed by atoms with van der Waals surface area (Å²) in [5.41, 5.74) is 6.50. The van der Waals surface area contributed by atoms with Crippen LogP contribution >= 0.6 is 0 Å². The summed E-state index contributed by atoms with van der Waals surface area (Å²) in [5, 5.41) is 0. The van der Waals surface area contributed by atoms with E-state index in [4.69, 9.17) is 10.5 Å². The molecule has 0 amide bonds. The van der Waals surface area contributed by atoms with Gasteiger partial charge in [0.15, 0.2) is 0 Å². The molecule has 1 rings (SSSR count). The summed E-state index contributed by atoms with van der Waals surface area (Å²) < 4.78 is 5.90. The lowest BCUT2D eigenvalue weighted by molar-refractivity contribution is -0.0955. The van der Waals surface area contributed by atoms with Crippen LogP contribution < -0.4 is 5.73 Å². The van der Waals surface area contributed by atoms with E-state index in [2.05, 4.69) is 27.7 Å². The Balaban J connectivity index is 2.64. The molecule has 1 atom stereocenters. The summed E-state index contributed by atoms with van der Waals surface area (Å²) in [6.07, 6.45) is 4.69. The number of ether oxygens (including phenoxy) is 1. The van der Waals surface area contributed by atoms with Crippen LogP contribution in [0.25, 0.3) is 0 Å². The van der Waals surface area contributed by atoms with E-state index in [-0.39, 0.29) is 11.6 Å². The maximum atomic E-state index is 6.05. The first kappa shape index (κ1) is 12.0. The molecule has 1 aliphatic rings. The minimum Gasteiger partial charge on any atom is -0.374 e. The van der Waals surface area contributed by atoms with Crippen LogP contribution in [0.5, 0.6) is 0 Å². The summed E-state index contributed by atoms with van der Waals surface area (Å²) in [7, 11) is 0. The molecule has 0 heterocycles. The van der Waals surface area contributed by atoms with Gasteiger partial charge in [0.2, 0.25) is 0 Å². The Morgan fingerprint density at radius 1 is 1.21 bits per heavy atom. The van der Waals surface area contributed by atoms with Gasteiger partial charge in [0.1, 0.15) is 0 Å². The van der Waals surface area contributed by atoms with E-state index >= 15 is 0 Å². The van der Waals surface area contributed by atoms with Crippen molar-refractivity contribution in [3.05, 3.63) is 0 Å². The first-order valence-corrected chi connectivity index (χ1v) is 5.81. The zero-order valence-electron chi connectivity index (χ0n) is 10.1. The number of hydrogen-bond donors (Lipinski definition) is 1. The third kappa shape index (κ3) is 2.48. The Hall–Kier alpha value is -0.0800. The summed E-state index contributed by atoms with van der Waals surface area (Å²) >= 11 is 0. The van der Waals surface area contributed by atoms with E-state index in [9.17, 15) is 0 Å². The van der Waals surface area contributed by atoms with Gasteiger partial charge in [-0.05, 0) is 44.9 Å². The lowest BCUT2D eigenvalue weighted by Gasteiger charge is -2.45. The molecule has 0 aromatic heterocycles. The molecule has 0 bridgehead atoms. The van der Waals surface area contributed by atoms with Crippen molar-refractivity contribution in [2.75, 3.05) is 6.61 Å². The van der Waals surface area contributed by atoms with Gasteiger partial charge < -0.3 is 10.5 Å². The SMILES string of the molecule is CCOC1([C@H](C)N)CCC(C)(C)CC1. The van der Waals surface area contributed by atoms with Crippen LogP contribution in [0.2, 0.25) is 0 Å². The van der Waals surface area contributed by atoms with Gasteiger partial charge in [0, 0.05) is 12.6 Å². The van der Waals surface area contributed by atoms with Gasteiger partial charge >= 0.3 is 0 Å². The largest absolute Gasteiger partial charge is 0.374 e. The van der Waals surface area contributed by atoms with E-state index in [1.165, 1.54) is 12.8 Å². The normalized spacial score (nSPS) is 27.2. The molecule has 2 nitrogen and oxygen atoms in total. The van der Waals surface area contributed by atoms with Crippen LogP contribution in [0, 0.1) is 5.41 Å². The van der Waals surface area contributed by atoms with E-state index in [1.54, 1.807) is 0 Å². The molecule has 0 saturated heterocycles. The monoisotopic (exact) mass is 199 g/mol. The second kappa shape index (κ2) is 4.19. The zero-order valence-corrected chi connectivity index (χ0v) is 10.1. The Morgan fingerprint density at radius 3 is 2.07 bits per heavy atom. The second-order valence-electron chi connectivity index (χ2n) is 5.45. The van der Waals surface area contributed by atoms with Crippen molar-refractivity contribution in [3.63, 3.8) is 0 Å². The predicted octanol–water partition coefficient (Wildman–Crippen LogP) is 2.71. The molecule has 0 radical (unpaired) electrons. The van der Waals surface area contributed by atoms with Crippen LogP contribution in [0.1, 0.15) is 53.4 Å². The topological polar surface area (TPSA) is 35.2 Å². The smallest absolute Gasteiger partial charge is 0.0830 e. The Kier molecular flexibility index (Phi) is 3.59. The Morgan fingerprint density at radius 2 is 1.71 bits per heavy atom. The third-order valence-electron chi connectivity index (χ3n) is 3.71. The summed E-state index contributed by atoms with van der Waals surface area (Å²) in [4.78, 5) is 0. The molecule has 0 unspecified atom stereocenters. The van der Waals surface area contributed by atoms with Gasteiger partial charge in [-0.25, -0.2) is 0 Å². The number of nitrogens with two attached hydrogens (primary N) is 1. The molecule has 0 aromatic rings. The fraction of sp³-hybridized carbons (Fsp3) is 1.00. The van der Waals surface area contributed by atoms with Crippen LogP contribution in [0.4, 0.5) is 0 Å². The molecule has 1 aliphatic carbocycles. The molecule has 2 N–H and O–H groups in total. The molecule has 1 fully saturated rings. The maximum Gasteiger partial charge on any atom is 0.0830 e. The minimum absolute atomic E-state index is 0.0374. The summed E-state index contributed by atoms with van der Waals surface area (Å²) in [6, 6.07) is 0.151. The van der Waals surface area contributed by atoms with Crippen molar-refractivity contribution in [3.8, 4) is 0 Å². The van der Waals surface area contributed by atoms with Crippen molar-refractivity contribution < 1.29 is 4.74 Å². The molecule has 84 valence electrons. The predicted molar refractivity (Wildman–Crippen MR) is 60.3 cm³/mol. The maximum absolute atomic E-state index is 6.05. The fourth-order valence-electron chi connectivity index (χ4n) is 2.37. The van der Waals surface area contributed by atoms with Gasteiger partial charge in [-0.15, -0.1) is 0 Å². The first-order chi connectivity index (χ1) is 6.42. The minimum atomic E-state index is -0.0374. The van der Waals surface area contributed by atoms with Gasteiger partial charge in [-0.3, -0.25) is 0 Å². The lowest BCUT2D eigenvalue weighted by Crippen LogP contribution is -2.51. The number of rotatable bonds is 3. The van der Waals surface area contributed by atoms with Crippen molar-refractivity contribution >= 4 is 0 Å². The Bertz CT molecular complexity index is 177. The van der Waals surface area contributed by atoms with Crippen molar-refractivity contribution in [1.29, 1.82) is 0 Å². The third-order valence-corrected chi connectivity index (χ3v) is 3.71. The molecule has 0 spiro atoms. The lowest BCUT2D eigenvalue weighted by atomic mass is 9.69. The standard InChI is InChI=1S/C12H25NO/c1-5-14-12(10(2)13)8-6-11(3,4)7-9-12/h10H,5-9,13H2,1-4H3/t10-/m0/s1. The highest BCUT2D eigenvalue weighted by molar-refractivity contribution is 4.95. The highest BCUT2D eigenvalue weighted by atomic mass is 16.5. The summed E-state index contributed by atoms with van der Waals surface area (Å²) in [6.45, 7) is 9.59. The Labute approximate surface area is 88.2 Å². The van der Waals surface area contributed by atoms with Crippen molar-refractivity contribution in [1.82, 2.24) is 0 Å². The molecule has 0 aromatic carbocycles. The van der Waals surface area contributed by atoms with Gasteiger partial charge in [-0.2, -0.15) is 0 Å². The van der Waals surface area contributed by atoms with E-state index < -0.39 is 0 Å². The highest BCUT2D eigenvalue weighted by Gasteiger charge is 2.41. The van der Waals surface area contributed by atoms with E-state index in [0.717, 1.165) is 19.4 Å². The zero-order chi connectivity index (χ0) is 10.8. The highest BCUT2D eigenvalue weighted by Crippen LogP contribution is 2.43. The van der Waals surface area contributed by atoms with Crippen LogP contribution in [0.3, 0.4) is 0 Å². The quantitative estimate of drug-likeness (QED) is 0.758. The molecular weight excluding hydrogens is 174 g/mol. The van der Waals surface area contributed by atoms with E-state index in [1.807, 2.05) is 0 Å². The molecule has 0 aliphatic heterocycles. The van der Waals surface area contributed by atoms with Gasteiger partial charge in [0.05, 0.1) is 5.60 Å². The average Bonchev–Trinajstić information content (AvgIpc) is 2.09. The van der Waals surface area contributed by atoms with Crippen LogP contribution in [0.15, 0.2) is 0 Å². The van der Waals surface area contributed by atoms with Gasteiger partial charge in [-0.1, -0.05) is 13.8 Å². The van der Waals surface area contributed by atoms with Crippen molar-refractivity contribution in [2.45, 2.75) is 65.0 Å².